The van der Waals surface area contributed by atoms with Gasteiger partial charge >= 0.3 is 0 Å². The average Bonchev–Trinajstić information content (AvgIpc) is 2.85. The summed E-state index contributed by atoms with van der Waals surface area (Å²) in [4.78, 5) is 0.117. The third kappa shape index (κ3) is 2.77. The van der Waals surface area contributed by atoms with E-state index < -0.39 is 10.0 Å². The minimum absolute atomic E-state index is 0.117. The molecule has 0 bridgehead atoms. The lowest BCUT2D eigenvalue weighted by Gasteiger charge is -2.16. The summed E-state index contributed by atoms with van der Waals surface area (Å²) in [5.41, 5.74) is 5.89. The Kier molecular flexibility index (Phi) is 4.55. The lowest BCUT2D eigenvalue weighted by molar-refractivity contribution is -0.00461. The van der Waals surface area contributed by atoms with Crippen molar-refractivity contribution in [2.24, 2.45) is 0 Å². The van der Waals surface area contributed by atoms with Gasteiger partial charge in [0.15, 0.2) is 0 Å². The Bertz CT molecular complexity index is 581. The zero-order valence-electron chi connectivity index (χ0n) is 11.2. The molecule has 2 atom stereocenters. The molecule has 1 aromatic carbocycles. The summed E-state index contributed by atoms with van der Waals surface area (Å²) < 4.78 is 36.9. The van der Waals surface area contributed by atoms with Gasteiger partial charge in [-0.25, -0.2) is 8.42 Å². The molecule has 20 heavy (non-hydrogen) atoms. The van der Waals surface area contributed by atoms with E-state index in [1.54, 1.807) is 0 Å². The normalized spacial score (nSPS) is 24.1. The zero-order valence-corrected chi connectivity index (χ0v) is 12.8. The molecule has 1 aliphatic rings. The molecule has 0 saturated carbocycles. The smallest absolute Gasteiger partial charge is 0.243 e. The van der Waals surface area contributed by atoms with Crippen LogP contribution in [0.25, 0.3) is 0 Å². The minimum atomic E-state index is -3.63. The monoisotopic (exact) mass is 320 g/mol. The highest BCUT2D eigenvalue weighted by atomic mass is 35.5. The third-order valence-corrected chi connectivity index (χ3v) is 5.56. The van der Waals surface area contributed by atoms with Gasteiger partial charge in [0.25, 0.3) is 0 Å². The Morgan fingerprint density at radius 2 is 1.80 bits per heavy atom. The summed E-state index contributed by atoms with van der Waals surface area (Å²) in [5.74, 6) is 0. The molecule has 2 N–H and O–H groups in total. The fourth-order valence-electron chi connectivity index (χ4n) is 2.19. The van der Waals surface area contributed by atoms with Gasteiger partial charge in [0.05, 0.1) is 27.8 Å². The topological polar surface area (TPSA) is 81.9 Å². The van der Waals surface area contributed by atoms with Gasteiger partial charge in [-0.15, -0.1) is 0 Å². The first-order valence-electron chi connectivity index (χ1n) is 6.01. The quantitative estimate of drug-likeness (QED) is 0.836. The first-order valence-corrected chi connectivity index (χ1v) is 7.82. The van der Waals surface area contributed by atoms with E-state index >= 15 is 0 Å². The van der Waals surface area contributed by atoms with Crippen molar-refractivity contribution >= 4 is 27.3 Å². The number of nitrogens with two attached hydrogens (primary N) is 1. The van der Waals surface area contributed by atoms with E-state index in [9.17, 15) is 8.42 Å². The molecule has 1 aromatic rings. The number of rotatable bonds is 4. The lowest BCUT2D eigenvalue weighted by Crippen LogP contribution is -2.30. The molecule has 0 aromatic heterocycles. The van der Waals surface area contributed by atoms with Crippen molar-refractivity contribution in [3.63, 3.8) is 0 Å². The molecule has 2 unspecified atom stereocenters. The van der Waals surface area contributed by atoms with Gasteiger partial charge in [0.2, 0.25) is 10.0 Å². The average molecular weight is 321 g/mol. The van der Waals surface area contributed by atoms with Gasteiger partial charge in [0.1, 0.15) is 0 Å². The van der Waals surface area contributed by atoms with E-state index in [1.807, 2.05) is 0 Å². The molecule has 1 aliphatic heterocycles. The van der Waals surface area contributed by atoms with Crippen molar-refractivity contribution in [1.82, 2.24) is 4.31 Å². The van der Waals surface area contributed by atoms with Crippen LogP contribution >= 0.6 is 11.6 Å². The van der Waals surface area contributed by atoms with Crippen molar-refractivity contribution < 1.29 is 17.9 Å². The SMILES string of the molecule is COC1CN(S(=O)(=O)c2ccc(Cl)c(N)c2)CC1OC. The number of anilines is 1. The van der Waals surface area contributed by atoms with Crippen LogP contribution in [0.15, 0.2) is 23.1 Å². The van der Waals surface area contributed by atoms with Crippen molar-refractivity contribution in [2.45, 2.75) is 17.1 Å². The van der Waals surface area contributed by atoms with Crippen molar-refractivity contribution in [3.05, 3.63) is 23.2 Å². The second kappa shape index (κ2) is 5.87. The van der Waals surface area contributed by atoms with Crippen molar-refractivity contribution in [2.75, 3.05) is 33.0 Å². The number of nitrogens with zero attached hydrogens (tertiary/aromatic N) is 1. The van der Waals surface area contributed by atoms with Crippen LogP contribution in [0.2, 0.25) is 5.02 Å². The predicted octanol–water partition coefficient (Wildman–Crippen LogP) is 0.956. The molecule has 1 fully saturated rings. The fraction of sp³-hybridized carbons (Fsp3) is 0.500. The number of halogens is 1. The predicted molar refractivity (Wildman–Crippen MR) is 76.2 cm³/mol. The van der Waals surface area contributed by atoms with Crippen molar-refractivity contribution in [1.29, 1.82) is 0 Å². The highest BCUT2D eigenvalue weighted by molar-refractivity contribution is 7.89. The molecule has 8 heteroatoms. The molecule has 0 spiro atoms. The number of methoxy groups -OCH3 is 2. The van der Waals surface area contributed by atoms with Gasteiger partial charge in [-0.05, 0) is 18.2 Å². The lowest BCUT2D eigenvalue weighted by atomic mass is 10.3. The molecule has 1 saturated heterocycles. The highest BCUT2D eigenvalue weighted by Crippen LogP contribution is 2.27. The van der Waals surface area contributed by atoms with E-state index in [2.05, 4.69) is 0 Å². The van der Waals surface area contributed by atoms with Gasteiger partial charge in [0, 0.05) is 27.3 Å². The Balaban J connectivity index is 2.29. The van der Waals surface area contributed by atoms with Gasteiger partial charge in [-0.3, -0.25) is 0 Å². The number of benzene rings is 1. The Morgan fingerprint density at radius 1 is 1.25 bits per heavy atom. The second-order valence-electron chi connectivity index (χ2n) is 4.55. The maximum Gasteiger partial charge on any atom is 0.243 e. The van der Waals surface area contributed by atoms with Crippen LogP contribution in [-0.4, -0.2) is 52.2 Å². The molecule has 0 amide bonds. The Morgan fingerprint density at radius 3 is 2.25 bits per heavy atom. The minimum Gasteiger partial charge on any atom is -0.397 e. The first-order chi connectivity index (χ1) is 9.40. The Hall–Kier alpha value is -0.860. The van der Waals surface area contributed by atoms with Crippen LogP contribution in [0.5, 0.6) is 0 Å². The summed E-state index contributed by atoms with van der Waals surface area (Å²) in [7, 11) is -0.560. The molecular weight excluding hydrogens is 304 g/mol. The molecule has 0 radical (unpaired) electrons. The maximum absolute atomic E-state index is 12.5. The molecule has 0 aliphatic carbocycles. The molecule has 6 nitrogen and oxygen atoms in total. The van der Waals surface area contributed by atoms with E-state index in [0.29, 0.717) is 5.02 Å². The zero-order chi connectivity index (χ0) is 14.9. The van der Waals surface area contributed by atoms with Crippen LogP contribution in [0.3, 0.4) is 0 Å². The number of hydrogen-bond donors (Lipinski definition) is 1. The summed E-state index contributed by atoms with van der Waals surface area (Å²) in [6.07, 6.45) is -0.557. The van der Waals surface area contributed by atoms with Crippen LogP contribution in [0, 0.1) is 0 Å². The molecular formula is C12H17ClN2O4S. The van der Waals surface area contributed by atoms with Gasteiger partial charge < -0.3 is 15.2 Å². The first kappa shape index (κ1) is 15.5. The van der Waals surface area contributed by atoms with Crippen LogP contribution in [0.4, 0.5) is 5.69 Å². The van der Waals surface area contributed by atoms with Crippen molar-refractivity contribution in [3.8, 4) is 0 Å². The summed E-state index contributed by atoms with van der Waals surface area (Å²) in [5, 5.41) is 0.329. The highest BCUT2D eigenvalue weighted by Gasteiger charge is 2.39. The number of sulfonamides is 1. The third-order valence-electron chi connectivity index (χ3n) is 3.39. The standard InChI is InChI=1S/C12H17ClN2O4S/c1-18-11-6-15(7-12(11)19-2)20(16,17)8-3-4-9(13)10(14)5-8/h3-5,11-12H,6-7,14H2,1-2H3. The number of hydrogen-bond acceptors (Lipinski definition) is 5. The molecule has 2 rings (SSSR count). The van der Waals surface area contributed by atoms with Crippen LogP contribution < -0.4 is 5.73 Å². The fourth-order valence-corrected chi connectivity index (χ4v) is 3.81. The molecule has 112 valence electrons. The van der Waals surface area contributed by atoms with Gasteiger partial charge in [-0.1, -0.05) is 11.6 Å². The van der Waals surface area contributed by atoms with Crippen LogP contribution in [0.1, 0.15) is 0 Å². The second-order valence-corrected chi connectivity index (χ2v) is 6.90. The van der Waals surface area contributed by atoms with E-state index in [-0.39, 0.29) is 35.9 Å². The van der Waals surface area contributed by atoms with E-state index in [1.165, 1.54) is 36.7 Å². The van der Waals surface area contributed by atoms with E-state index in [0.717, 1.165) is 0 Å². The summed E-state index contributed by atoms with van der Waals surface area (Å²) in [6, 6.07) is 4.27. The number of nitrogen functional groups attached to an aromatic ring is 1. The molecule has 1 heterocycles. The number of ether oxygens (including phenoxy) is 2. The largest absolute Gasteiger partial charge is 0.397 e. The maximum atomic E-state index is 12.5. The van der Waals surface area contributed by atoms with E-state index in [4.69, 9.17) is 26.8 Å². The summed E-state index contributed by atoms with van der Waals surface area (Å²) in [6.45, 7) is 0.500. The van der Waals surface area contributed by atoms with Gasteiger partial charge in [-0.2, -0.15) is 4.31 Å². The summed E-state index contributed by atoms with van der Waals surface area (Å²) >= 11 is 5.81. The van der Waals surface area contributed by atoms with Crippen LogP contribution in [-0.2, 0) is 19.5 Å². The Labute approximate surface area is 123 Å².